The van der Waals surface area contributed by atoms with E-state index in [0.29, 0.717) is 10.8 Å². The van der Waals surface area contributed by atoms with Gasteiger partial charge in [0.2, 0.25) is 0 Å². The number of aliphatic hydroxyl groups is 2. The van der Waals surface area contributed by atoms with Crippen molar-refractivity contribution in [3.8, 4) is 0 Å². The van der Waals surface area contributed by atoms with Gasteiger partial charge in [-0.1, -0.05) is 13.5 Å². The summed E-state index contributed by atoms with van der Waals surface area (Å²) in [4.78, 5) is 3.78. The van der Waals surface area contributed by atoms with Crippen molar-refractivity contribution in [3.05, 3.63) is 36.2 Å². The van der Waals surface area contributed by atoms with Gasteiger partial charge in [-0.15, -0.1) is 11.8 Å². The fraction of sp³-hybridized carbons (Fsp3) is 0.533. The molecular weight excluding hydrogens is 331 g/mol. The molecule has 0 aromatic carbocycles. The molecule has 23 heavy (non-hydrogen) atoms. The predicted molar refractivity (Wildman–Crippen MR) is 82.1 cm³/mol. The van der Waals surface area contributed by atoms with E-state index in [4.69, 9.17) is 4.74 Å². The number of nitrogens with zero attached hydrogens (tertiary/aromatic N) is 1. The van der Waals surface area contributed by atoms with E-state index in [-0.39, 0.29) is 18.1 Å². The van der Waals surface area contributed by atoms with Crippen LogP contribution in [0.25, 0.3) is 0 Å². The zero-order valence-electron chi connectivity index (χ0n) is 12.9. The molecule has 8 heteroatoms. The molecular formula is C15H20F3NO3S. The minimum atomic E-state index is -4.40. The first-order valence-corrected chi connectivity index (χ1v) is 7.94. The number of hydrogen-bond donors (Lipinski definition) is 2. The van der Waals surface area contributed by atoms with E-state index in [0.717, 1.165) is 12.3 Å². The molecule has 1 heterocycles. The highest BCUT2D eigenvalue weighted by molar-refractivity contribution is 7.99. The van der Waals surface area contributed by atoms with Gasteiger partial charge >= 0.3 is 6.18 Å². The first-order valence-electron chi connectivity index (χ1n) is 6.96. The van der Waals surface area contributed by atoms with Gasteiger partial charge in [-0.05, 0) is 25.0 Å². The molecule has 4 nitrogen and oxygen atoms in total. The van der Waals surface area contributed by atoms with Crippen LogP contribution in [0.1, 0.15) is 25.8 Å². The number of halogens is 3. The van der Waals surface area contributed by atoms with Crippen LogP contribution in [-0.4, -0.2) is 33.3 Å². The maximum absolute atomic E-state index is 12.5. The second-order valence-electron chi connectivity index (χ2n) is 5.22. The fourth-order valence-corrected chi connectivity index (χ4v) is 2.77. The van der Waals surface area contributed by atoms with Gasteiger partial charge in [-0.3, -0.25) is 0 Å². The summed E-state index contributed by atoms with van der Waals surface area (Å²) < 4.78 is 42.7. The molecule has 0 aliphatic rings. The number of pyridine rings is 1. The average molecular weight is 351 g/mol. The van der Waals surface area contributed by atoms with Crippen LogP contribution >= 0.6 is 11.8 Å². The van der Waals surface area contributed by atoms with Crippen LogP contribution in [0.2, 0.25) is 0 Å². The number of aromatic nitrogens is 1. The highest BCUT2D eigenvalue weighted by Gasteiger charge is 2.30. The Morgan fingerprint density at radius 3 is 2.48 bits per heavy atom. The quantitative estimate of drug-likeness (QED) is 0.421. The van der Waals surface area contributed by atoms with Crippen molar-refractivity contribution < 1.29 is 28.1 Å². The molecule has 0 saturated heterocycles. The molecule has 1 aromatic heterocycles. The maximum atomic E-state index is 12.5. The molecule has 3 unspecified atom stereocenters. The third-order valence-corrected chi connectivity index (χ3v) is 4.23. The van der Waals surface area contributed by atoms with E-state index < -0.39 is 24.1 Å². The van der Waals surface area contributed by atoms with E-state index in [1.54, 1.807) is 0 Å². The lowest BCUT2D eigenvalue weighted by Crippen LogP contribution is -2.28. The summed E-state index contributed by atoms with van der Waals surface area (Å²) in [6, 6.07) is 2.30. The Morgan fingerprint density at radius 1 is 1.39 bits per heavy atom. The Balaban J connectivity index is 2.62. The molecule has 0 aliphatic carbocycles. The number of alkyl halides is 3. The van der Waals surface area contributed by atoms with Crippen LogP contribution in [0.5, 0.6) is 0 Å². The number of aliphatic hydroxyl groups excluding tert-OH is 2. The topological polar surface area (TPSA) is 62.6 Å². The summed E-state index contributed by atoms with van der Waals surface area (Å²) in [6.45, 7) is 6.72. The van der Waals surface area contributed by atoms with Crippen LogP contribution in [-0.2, 0) is 10.9 Å². The molecule has 0 aliphatic heterocycles. The molecule has 1 aromatic rings. The molecule has 0 saturated carbocycles. The second kappa shape index (κ2) is 8.56. The van der Waals surface area contributed by atoms with Gasteiger partial charge in [0.15, 0.2) is 6.29 Å². The Hall–Kier alpha value is -1.25. The first-order chi connectivity index (χ1) is 10.6. The number of thioether (sulfide) groups is 1. The number of rotatable bonds is 8. The predicted octanol–water partition coefficient (Wildman–Crippen LogP) is 4.01. The van der Waals surface area contributed by atoms with Crippen LogP contribution in [0.4, 0.5) is 13.2 Å². The summed E-state index contributed by atoms with van der Waals surface area (Å²) in [5, 5.41) is 19.1. The molecule has 0 bridgehead atoms. The fourth-order valence-electron chi connectivity index (χ4n) is 1.83. The van der Waals surface area contributed by atoms with E-state index in [2.05, 4.69) is 11.6 Å². The SMILES string of the molecule is C=C(O)CC(OC(C)O)C(C)CSc1ccc(C(F)(F)F)cn1. The minimum absolute atomic E-state index is 0.0554. The highest BCUT2D eigenvalue weighted by Crippen LogP contribution is 2.30. The van der Waals surface area contributed by atoms with Crippen molar-refractivity contribution >= 4 is 11.8 Å². The Kier molecular flexibility index (Phi) is 7.37. The maximum Gasteiger partial charge on any atom is 0.417 e. The lowest BCUT2D eigenvalue weighted by atomic mass is 10.0. The first kappa shape index (κ1) is 19.8. The standard InChI is InChI=1S/C15H20F3NO3S/c1-9(13(6-10(2)20)22-11(3)21)8-23-14-5-4-12(7-19-14)15(16,17)18/h4-5,7,9,11,13,20-21H,2,6,8H2,1,3H3. The zero-order chi connectivity index (χ0) is 17.6. The van der Waals surface area contributed by atoms with Crippen molar-refractivity contribution in [1.82, 2.24) is 4.98 Å². The van der Waals surface area contributed by atoms with Gasteiger partial charge in [0, 0.05) is 18.4 Å². The molecule has 0 amide bonds. The third kappa shape index (κ3) is 7.24. The molecule has 3 atom stereocenters. The molecule has 0 fully saturated rings. The monoisotopic (exact) mass is 351 g/mol. The van der Waals surface area contributed by atoms with Gasteiger partial charge in [-0.2, -0.15) is 13.2 Å². The summed E-state index contributed by atoms with van der Waals surface area (Å²) in [5.41, 5.74) is -0.790. The van der Waals surface area contributed by atoms with E-state index in [1.165, 1.54) is 24.8 Å². The zero-order valence-corrected chi connectivity index (χ0v) is 13.7. The molecule has 2 N–H and O–H groups in total. The molecule has 0 radical (unpaired) electrons. The lowest BCUT2D eigenvalue weighted by molar-refractivity contribution is -0.138. The van der Waals surface area contributed by atoms with Gasteiger partial charge < -0.3 is 14.9 Å². The molecule has 0 spiro atoms. The summed E-state index contributed by atoms with van der Waals surface area (Å²) >= 11 is 1.28. The Bertz CT molecular complexity index is 506. The highest BCUT2D eigenvalue weighted by atomic mass is 32.2. The normalized spacial score (nSPS) is 15.9. The summed E-state index contributed by atoms with van der Waals surface area (Å²) in [7, 11) is 0. The minimum Gasteiger partial charge on any atom is -0.513 e. The Labute approximate surface area is 137 Å². The van der Waals surface area contributed by atoms with Gasteiger partial charge in [-0.25, -0.2) is 4.98 Å². The van der Waals surface area contributed by atoms with Gasteiger partial charge in [0.1, 0.15) is 0 Å². The van der Waals surface area contributed by atoms with Gasteiger partial charge in [0.05, 0.1) is 22.5 Å². The van der Waals surface area contributed by atoms with Crippen molar-refractivity contribution in [1.29, 1.82) is 0 Å². The van der Waals surface area contributed by atoms with Crippen molar-refractivity contribution in [2.75, 3.05) is 5.75 Å². The van der Waals surface area contributed by atoms with Crippen LogP contribution in [0, 0.1) is 5.92 Å². The van der Waals surface area contributed by atoms with E-state index >= 15 is 0 Å². The second-order valence-corrected chi connectivity index (χ2v) is 6.26. The van der Waals surface area contributed by atoms with Crippen molar-refractivity contribution in [2.45, 2.75) is 43.9 Å². The van der Waals surface area contributed by atoms with Crippen LogP contribution in [0.15, 0.2) is 35.7 Å². The Morgan fingerprint density at radius 2 is 2.04 bits per heavy atom. The van der Waals surface area contributed by atoms with Gasteiger partial charge in [0.25, 0.3) is 0 Å². The molecule has 130 valence electrons. The largest absolute Gasteiger partial charge is 0.513 e. The summed E-state index contributed by atoms with van der Waals surface area (Å²) in [6.07, 6.45) is -4.87. The number of ether oxygens (including phenoxy) is 1. The number of hydrogen-bond acceptors (Lipinski definition) is 5. The van der Waals surface area contributed by atoms with E-state index in [1.807, 2.05) is 6.92 Å². The molecule has 1 rings (SSSR count). The van der Waals surface area contributed by atoms with Crippen molar-refractivity contribution in [3.63, 3.8) is 0 Å². The van der Waals surface area contributed by atoms with Crippen LogP contribution in [0.3, 0.4) is 0 Å². The smallest absolute Gasteiger partial charge is 0.417 e. The summed E-state index contributed by atoms with van der Waals surface area (Å²) in [5.74, 6) is 0.367. The van der Waals surface area contributed by atoms with E-state index in [9.17, 15) is 23.4 Å². The average Bonchev–Trinajstić information content (AvgIpc) is 2.42. The third-order valence-electron chi connectivity index (χ3n) is 3.00. The van der Waals surface area contributed by atoms with Crippen LogP contribution < -0.4 is 0 Å². The van der Waals surface area contributed by atoms with Crippen molar-refractivity contribution in [2.24, 2.45) is 5.92 Å². The lowest BCUT2D eigenvalue weighted by Gasteiger charge is -2.25.